The Morgan fingerprint density at radius 3 is 0.690 bits per heavy atom. The van der Waals surface area contributed by atoms with Crippen molar-refractivity contribution in [1.82, 2.24) is 19.6 Å². The van der Waals surface area contributed by atoms with Gasteiger partial charge in [0.1, 0.15) is 0 Å². The monoisotopic (exact) mass is 446 g/mol. The van der Waals surface area contributed by atoms with Gasteiger partial charge in [0.25, 0.3) is 0 Å². The molecule has 0 unspecified atom stereocenters. The Morgan fingerprint density at radius 1 is 0.448 bits per heavy atom. The summed E-state index contributed by atoms with van der Waals surface area (Å²) in [6.07, 6.45) is 0. The second-order valence-corrected chi connectivity index (χ2v) is 6.68. The normalized spacial score (nSPS) is 18.8. The molecule has 29 heavy (non-hydrogen) atoms. The molecule has 0 aromatic heterocycles. The first kappa shape index (κ1) is 28.0. The number of hydrogen-bond donors (Lipinski definition) is 4. The summed E-state index contributed by atoms with van der Waals surface area (Å²) in [5, 5.41) is 36.3. The molecule has 1 saturated heterocycles. The molecule has 1 aliphatic rings. The van der Waals surface area contributed by atoms with Crippen molar-refractivity contribution >= 4 is 61.6 Å². The topological polar surface area (TPSA) is 162 Å². The van der Waals surface area contributed by atoms with E-state index in [0.29, 0.717) is 52.4 Å². The molecule has 0 amide bonds. The minimum absolute atomic E-state index is 0. The summed E-state index contributed by atoms with van der Waals surface area (Å²) in [5.74, 6) is -4.08. The molecule has 1 aliphatic heterocycles. The number of hydrogen-bond acceptors (Lipinski definition) is 8. The Hall–Kier alpha value is -1.02. The van der Waals surface area contributed by atoms with Crippen LogP contribution >= 0.6 is 0 Å². The summed E-state index contributed by atoms with van der Waals surface area (Å²) in [6.45, 7) is 1.52. The van der Waals surface area contributed by atoms with Crippen LogP contribution in [-0.2, 0) is 19.2 Å². The van der Waals surface area contributed by atoms with Gasteiger partial charge in [0.15, 0.2) is 0 Å². The molecule has 1 fully saturated rings. The Morgan fingerprint density at radius 2 is 0.586 bits per heavy atom. The van der Waals surface area contributed by atoms with Gasteiger partial charge in [0.2, 0.25) is 0 Å². The SMILES string of the molecule is O=C(O)CN1CCN(CC(=O)O)CCN(CC(=O)O)CCN(CC(=O)O)CC1.[CaH2]. The average molecular weight is 447 g/mol. The van der Waals surface area contributed by atoms with Crippen molar-refractivity contribution in [3.63, 3.8) is 0 Å². The van der Waals surface area contributed by atoms with Crippen LogP contribution in [0.1, 0.15) is 0 Å². The van der Waals surface area contributed by atoms with Crippen LogP contribution in [0.15, 0.2) is 0 Å². The summed E-state index contributed by atoms with van der Waals surface area (Å²) in [7, 11) is 0. The second kappa shape index (κ2) is 14.9. The summed E-state index contributed by atoms with van der Waals surface area (Å²) < 4.78 is 0. The van der Waals surface area contributed by atoms with Gasteiger partial charge in [-0.1, -0.05) is 0 Å². The van der Waals surface area contributed by atoms with E-state index in [9.17, 15) is 19.2 Å². The van der Waals surface area contributed by atoms with Crippen molar-refractivity contribution in [3.8, 4) is 0 Å². The van der Waals surface area contributed by atoms with Crippen LogP contribution in [0.25, 0.3) is 0 Å². The number of nitrogens with zero attached hydrogens (tertiary/aromatic N) is 4. The van der Waals surface area contributed by atoms with Crippen LogP contribution in [0.5, 0.6) is 0 Å². The summed E-state index contributed by atoms with van der Waals surface area (Å²) >= 11 is 0. The van der Waals surface area contributed by atoms with Gasteiger partial charge in [0, 0.05) is 52.4 Å². The molecule has 1 rings (SSSR count). The third-order valence-corrected chi connectivity index (χ3v) is 4.37. The van der Waals surface area contributed by atoms with Gasteiger partial charge in [-0.3, -0.25) is 38.8 Å². The predicted octanol–water partition coefficient (Wildman–Crippen LogP) is -3.37. The molecule has 0 bridgehead atoms. The van der Waals surface area contributed by atoms with E-state index in [1.165, 1.54) is 0 Å². The molecule has 13 heteroatoms. The van der Waals surface area contributed by atoms with E-state index in [4.69, 9.17) is 20.4 Å². The zero-order valence-corrected chi connectivity index (χ0v) is 15.7. The van der Waals surface area contributed by atoms with Crippen molar-refractivity contribution in [2.75, 3.05) is 78.5 Å². The Balaban J connectivity index is 0.00000784. The van der Waals surface area contributed by atoms with Crippen molar-refractivity contribution in [1.29, 1.82) is 0 Å². The fraction of sp³-hybridized carbons (Fsp3) is 0.750. The Kier molecular flexibility index (Phi) is 14.4. The quantitative estimate of drug-likeness (QED) is 0.274. The van der Waals surface area contributed by atoms with Crippen molar-refractivity contribution in [2.45, 2.75) is 0 Å². The fourth-order valence-corrected chi connectivity index (χ4v) is 2.98. The molecule has 4 N–H and O–H groups in total. The maximum atomic E-state index is 11.1. The van der Waals surface area contributed by atoms with E-state index < -0.39 is 23.9 Å². The predicted molar refractivity (Wildman–Crippen MR) is 105 cm³/mol. The third kappa shape index (κ3) is 13.8. The van der Waals surface area contributed by atoms with Crippen molar-refractivity contribution < 1.29 is 39.6 Å². The number of carboxylic acids is 4. The molecular formula is C16H30CaN4O8. The molecule has 0 radical (unpaired) electrons. The number of carboxylic acid groups (broad SMARTS) is 4. The first-order chi connectivity index (χ1) is 13.2. The van der Waals surface area contributed by atoms with E-state index in [0.717, 1.165) is 0 Å². The van der Waals surface area contributed by atoms with Crippen LogP contribution in [0.3, 0.4) is 0 Å². The van der Waals surface area contributed by atoms with Gasteiger partial charge in [-0.05, 0) is 0 Å². The molecule has 12 nitrogen and oxygen atoms in total. The standard InChI is InChI=1S/C16H28N4O8.Ca.2H/c21-13(22)9-17-1-2-18(10-14(23)24)5-6-20(12-16(27)28)8-7-19(4-3-17)11-15(25)26;;;/h1-12H2,(H,21,22)(H,23,24)(H,25,26)(H,27,28);;;. The fourth-order valence-electron chi connectivity index (χ4n) is 2.98. The number of carbonyl (C=O) groups is 4. The third-order valence-electron chi connectivity index (χ3n) is 4.37. The zero-order valence-electron chi connectivity index (χ0n) is 15.7. The molecule has 164 valence electrons. The number of aliphatic carboxylic acids is 4. The van der Waals surface area contributed by atoms with Crippen molar-refractivity contribution in [3.05, 3.63) is 0 Å². The van der Waals surface area contributed by atoms with Crippen LogP contribution in [0.4, 0.5) is 0 Å². The van der Waals surface area contributed by atoms with Gasteiger partial charge < -0.3 is 20.4 Å². The van der Waals surface area contributed by atoms with Gasteiger partial charge >= 0.3 is 61.6 Å². The van der Waals surface area contributed by atoms with E-state index >= 15 is 0 Å². The van der Waals surface area contributed by atoms with E-state index in [1.807, 2.05) is 0 Å². The van der Waals surface area contributed by atoms with Gasteiger partial charge in [-0.2, -0.15) is 0 Å². The first-order valence-electron chi connectivity index (χ1n) is 8.92. The summed E-state index contributed by atoms with van der Waals surface area (Å²) in [6, 6.07) is 0. The van der Waals surface area contributed by atoms with Crippen LogP contribution in [0, 0.1) is 0 Å². The first-order valence-corrected chi connectivity index (χ1v) is 8.92. The van der Waals surface area contributed by atoms with Crippen LogP contribution in [-0.4, -0.2) is 180 Å². The van der Waals surface area contributed by atoms with Crippen molar-refractivity contribution in [2.24, 2.45) is 0 Å². The van der Waals surface area contributed by atoms with Gasteiger partial charge in [0.05, 0.1) is 26.2 Å². The molecule has 0 saturated carbocycles. The van der Waals surface area contributed by atoms with Crippen LogP contribution in [0.2, 0.25) is 0 Å². The summed E-state index contributed by atoms with van der Waals surface area (Å²) in [5.41, 5.74) is 0. The molecule has 0 aromatic carbocycles. The molecule has 0 aliphatic carbocycles. The van der Waals surface area contributed by atoms with Crippen LogP contribution < -0.4 is 0 Å². The minimum atomic E-state index is -1.02. The molecular weight excluding hydrogens is 416 g/mol. The van der Waals surface area contributed by atoms with E-state index in [-0.39, 0.29) is 63.9 Å². The maximum absolute atomic E-state index is 11.1. The van der Waals surface area contributed by atoms with E-state index in [2.05, 4.69) is 0 Å². The van der Waals surface area contributed by atoms with Gasteiger partial charge in [-0.25, -0.2) is 0 Å². The molecule has 0 aromatic rings. The molecule has 0 spiro atoms. The molecule has 0 atom stereocenters. The Bertz CT molecular complexity index is 453. The van der Waals surface area contributed by atoms with E-state index in [1.54, 1.807) is 19.6 Å². The summed E-state index contributed by atoms with van der Waals surface area (Å²) in [4.78, 5) is 50.9. The average Bonchev–Trinajstić information content (AvgIpc) is 2.55. The Labute approximate surface area is 198 Å². The zero-order chi connectivity index (χ0) is 21.1. The second-order valence-electron chi connectivity index (χ2n) is 6.68. The van der Waals surface area contributed by atoms with Gasteiger partial charge in [-0.15, -0.1) is 0 Å². The number of rotatable bonds is 8. The molecule has 1 heterocycles.